The number of rotatable bonds is 18. The van der Waals surface area contributed by atoms with Gasteiger partial charge in [-0.25, -0.2) is 18.5 Å². The van der Waals surface area contributed by atoms with Gasteiger partial charge < -0.3 is 29.2 Å². The van der Waals surface area contributed by atoms with Crippen molar-refractivity contribution in [2.45, 2.75) is 84.7 Å². The second-order valence-electron chi connectivity index (χ2n) is 13.4. The maximum atomic E-state index is 15.7. The summed E-state index contributed by atoms with van der Waals surface area (Å²) in [6, 6.07) is 9.90. The Labute approximate surface area is 302 Å². The molecular formula is C35H49FN5O10P. The highest BCUT2D eigenvalue weighted by molar-refractivity contribution is 7.52. The molecule has 0 radical (unpaired) electrons. The van der Waals surface area contributed by atoms with Crippen molar-refractivity contribution in [1.82, 2.24) is 19.7 Å². The molecular weight excluding hydrogens is 700 g/mol. The van der Waals surface area contributed by atoms with Gasteiger partial charge in [0.15, 0.2) is 17.5 Å². The average molecular weight is 750 g/mol. The van der Waals surface area contributed by atoms with E-state index in [9.17, 15) is 18.9 Å². The summed E-state index contributed by atoms with van der Waals surface area (Å²) in [7, 11) is -4.58. The molecule has 52 heavy (non-hydrogen) atoms. The lowest BCUT2D eigenvalue weighted by atomic mass is 9.85. The molecule has 2 aromatic heterocycles. The van der Waals surface area contributed by atoms with Crippen molar-refractivity contribution >= 4 is 37.0 Å². The first-order valence-electron chi connectivity index (χ1n) is 17.3. The largest absolute Gasteiger partial charge is 0.464 e. The van der Waals surface area contributed by atoms with Gasteiger partial charge in [-0.3, -0.25) is 18.9 Å². The van der Waals surface area contributed by atoms with Crippen LogP contribution in [-0.4, -0.2) is 76.7 Å². The van der Waals surface area contributed by atoms with E-state index in [4.69, 9.17) is 33.7 Å². The van der Waals surface area contributed by atoms with Crippen LogP contribution < -0.4 is 15.3 Å². The summed E-state index contributed by atoms with van der Waals surface area (Å²) in [5, 5.41) is 6.88. The molecule has 1 fully saturated rings. The Hall–Kier alpha value is -4.11. The van der Waals surface area contributed by atoms with Crippen LogP contribution in [0.4, 0.5) is 10.2 Å². The summed E-state index contributed by atoms with van der Waals surface area (Å²) in [4.78, 5) is 43.7. The maximum absolute atomic E-state index is 15.7. The van der Waals surface area contributed by atoms with E-state index >= 15 is 4.39 Å². The van der Waals surface area contributed by atoms with Crippen LogP contribution in [0.2, 0.25) is 0 Å². The lowest BCUT2D eigenvalue weighted by Gasteiger charge is -2.39. The number of carbonyl (C=O) groups is 3. The first-order chi connectivity index (χ1) is 24.6. The zero-order chi connectivity index (χ0) is 38.3. The molecule has 15 nitrogen and oxygen atoms in total. The number of halogens is 1. The molecule has 1 aromatic carbocycles. The van der Waals surface area contributed by atoms with E-state index in [2.05, 4.69) is 15.2 Å². The Balaban J connectivity index is 1.77. The molecule has 17 heteroatoms. The quantitative estimate of drug-likeness (QED) is 0.0983. The number of aromatic nitrogens is 3. The SMILES string of the molecule is CCC(CC)COC(=O)[C@H](C)N[P@](=O)(OC[C@@]1(CF)OC[C@@](OC(=O)C(C)C)(c2ccc3c(N)ncnn23)[C@@H]1OC(=O)C(C)C)Oc1ccccc1. The van der Waals surface area contributed by atoms with E-state index in [1.807, 2.05) is 13.8 Å². The Bertz CT molecular complexity index is 1740. The summed E-state index contributed by atoms with van der Waals surface area (Å²) in [5.74, 6) is -3.24. The maximum Gasteiger partial charge on any atom is 0.459 e. The molecule has 1 aliphatic heterocycles. The topological polar surface area (TPSA) is 192 Å². The first-order valence-corrected chi connectivity index (χ1v) is 18.8. The van der Waals surface area contributed by atoms with Crippen molar-refractivity contribution in [2.24, 2.45) is 17.8 Å². The molecule has 0 unspecified atom stereocenters. The fraction of sp³-hybridized carbons (Fsp3) is 0.571. The van der Waals surface area contributed by atoms with E-state index < -0.39 is 80.7 Å². The number of esters is 3. The number of carbonyl (C=O) groups excluding carboxylic acids is 3. The smallest absolute Gasteiger partial charge is 0.459 e. The first kappa shape index (κ1) is 40.7. The third-order valence-corrected chi connectivity index (χ3v) is 10.5. The van der Waals surface area contributed by atoms with Gasteiger partial charge in [0.1, 0.15) is 30.3 Å². The highest BCUT2D eigenvalue weighted by Crippen LogP contribution is 2.51. The summed E-state index contributed by atoms with van der Waals surface area (Å²) in [6.07, 6.45) is 1.04. The summed E-state index contributed by atoms with van der Waals surface area (Å²) >= 11 is 0. The number of fused-ring (bicyclic) bond motifs is 1. The molecule has 3 N–H and O–H groups in total. The van der Waals surface area contributed by atoms with Crippen LogP contribution in [0, 0.1) is 17.8 Å². The van der Waals surface area contributed by atoms with Crippen LogP contribution in [0.25, 0.3) is 5.52 Å². The minimum absolute atomic E-state index is 0.0962. The number of hydrogen-bond acceptors (Lipinski definition) is 13. The second kappa shape index (κ2) is 17.1. The van der Waals surface area contributed by atoms with Crippen LogP contribution in [0.5, 0.6) is 5.75 Å². The summed E-state index contributed by atoms with van der Waals surface area (Å²) < 4.78 is 67.0. The molecule has 0 amide bonds. The number of para-hydroxylation sites is 1. The van der Waals surface area contributed by atoms with Crippen LogP contribution in [-0.2, 0) is 48.0 Å². The van der Waals surface area contributed by atoms with Gasteiger partial charge in [0.2, 0.25) is 5.60 Å². The third kappa shape index (κ3) is 8.91. The summed E-state index contributed by atoms with van der Waals surface area (Å²) in [6.45, 7) is 9.11. The third-order valence-electron chi connectivity index (χ3n) is 8.85. The van der Waals surface area contributed by atoms with Gasteiger partial charge in [-0.15, -0.1) is 0 Å². The number of benzene rings is 1. The zero-order valence-corrected chi connectivity index (χ0v) is 31.5. The van der Waals surface area contributed by atoms with Crippen LogP contribution >= 0.6 is 7.75 Å². The minimum Gasteiger partial charge on any atom is -0.464 e. The predicted octanol–water partition coefficient (Wildman–Crippen LogP) is 5.17. The van der Waals surface area contributed by atoms with Gasteiger partial charge in [-0.2, -0.15) is 10.2 Å². The molecule has 4 rings (SSSR count). The highest BCUT2D eigenvalue weighted by atomic mass is 31.2. The van der Waals surface area contributed by atoms with Crippen molar-refractivity contribution in [1.29, 1.82) is 0 Å². The monoisotopic (exact) mass is 749 g/mol. The van der Waals surface area contributed by atoms with E-state index in [0.717, 1.165) is 12.8 Å². The Morgan fingerprint density at radius 1 is 1.04 bits per heavy atom. The molecule has 0 spiro atoms. The van der Waals surface area contributed by atoms with Gasteiger partial charge >= 0.3 is 25.7 Å². The number of nitrogens with one attached hydrogen (secondary N) is 1. The van der Waals surface area contributed by atoms with Gasteiger partial charge in [-0.1, -0.05) is 72.6 Å². The number of hydrogen-bond donors (Lipinski definition) is 2. The van der Waals surface area contributed by atoms with Crippen molar-refractivity contribution in [3.63, 3.8) is 0 Å². The molecule has 286 valence electrons. The molecule has 0 bridgehead atoms. The van der Waals surface area contributed by atoms with Crippen molar-refractivity contribution < 1.29 is 51.3 Å². The molecule has 1 saturated heterocycles. The molecule has 1 aliphatic rings. The number of nitrogens with two attached hydrogens (primary N) is 1. The number of ether oxygens (including phenoxy) is 4. The van der Waals surface area contributed by atoms with E-state index in [0.29, 0.717) is 5.52 Å². The fourth-order valence-electron chi connectivity index (χ4n) is 5.50. The lowest BCUT2D eigenvalue weighted by molar-refractivity contribution is -0.195. The number of alkyl halides is 1. The van der Waals surface area contributed by atoms with Crippen LogP contribution in [0.3, 0.4) is 0 Å². The standard InChI is InChI=1S/C35H49FN5O10P/c1-8-25(9-2)17-46-32(44)24(7)40-52(45,51-26-13-11-10-12-14-26)48-19-34(18-36)33(49-30(42)22(3)4)35(20-47-34,50-31(43)23(5)6)28-16-15-27-29(37)38-21-39-41(27)28/h10-16,21-25,33H,8-9,17-20H2,1-7H3,(H,40,45)(H2,37,38,39)/t24-,33+,34+,35+,52-/m0/s1. The zero-order valence-electron chi connectivity index (χ0n) is 30.6. The second-order valence-corrected chi connectivity index (χ2v) is 15.1. The number of nitrogens with zero attached hydrogens (tertiary/aromatic N) is 3. The van der Waals surface area contributed by atoms with Gasteiger partial charge in [0.25, 0.3) is 0 Å². The normalized spacial score (nSPS) is 22.0. The number of nitrogen functional groups attached to an aromatic ring is 1. The lowest BCUT2D eigenvalue weighted by Crippen LogP contribution is -2.57. The fourth-order valence-corrected chi connectivity index (χ4v) is 7.05. The minimum atomic E-state index is -4.58. The molecule has 5 atom stereocenters. The van der Waals surface area contributed by atoms with E-state index in [1.54, 1.807) is 52.0 Å². The Kier molecular flexibility index (Phi) is 13.4. The van der Waals surface area contributed by atoms with E-state index in [1.165, 1.54) is 36.0 Å². The van der Waals surface area contributed by atoms with E-state index in [-0.39, 0.29) is 29.8 Å². The predicted molar refractivity (Wildman–Crippen MR) is 188 cm³/mol. The van der Waals surface area contributed by atoms with Gasteiger partial charge in [-0.05, 0) is 37.1 Å². The van der Waals surface area contributed by atoms with Crippen LogP contribution in [0.15, 0.2) is 48.8 Å². The average Bonchev–Trinajstić information content (AvgIpc) is 3.69. The Morgan fingerprint density at radius 2 is 1.71 bits per heavy atom. The highest BCUT2D eigenvalue weighted by Gasteiger charge is 2.66. The molecule has 0 aliphatic carbocycles. The van der Waals surface area contributed by atoms with Crippen molar-refractivity contribution in [2.75, 3.05) is 32.2 Å². The van der Waals surface area contributed by atoms with Crippen molar-refractivity contribution in [3.8, 4) is 5.75 Å². The van der Waals surface area contributed by atoms with Gasteiger partial charge in [0, 0.05) is 0 Å². The molecule has 0 saturated carbocycles. The molecule has 3 heterocycles. The van der Waals surface area contributed by atoms with Crippen LogP contribution in [0.1, 0.15) is 67.0 Å². The van der Waals surface area contributed by atoms with Crippen molar-refractivity contribution in [3.05, 3.63) is 54.5 Å². The number of anilines is 1. The molecule has 3 aromatic rings. The summed E-state index contributed by atoms with van der Waals surface area (Å²) in [5.41, 5.74) is 2.32. The van der Waals surface area contributed by atoms with Gasteiger partial charge in [0.05, 0.1) is 37.4 Å². The Morgan fingerprint density at radius 3 is 2.33 bits per heavy atom.